The van der Waals surface area contributed by atoms with Crippen molar-refractivity contribution < 1.29 is 19.0 Å². The Hall–Kier alpha value is -2.50. The molecule has 2 aromatic carbocycles. The molecule has 1 heterocycles. The first kappa shape index (κ1) is 18.8. The SMILES string of the molecule is COCOC.O=C(OCc1ccccc1)c1cccc2c1CCC=N2. The number of carbonyl (C=O) groups is 1. The van der Waals surface area contributed by atoms with Crippen molar-refractivity contribution in [1.29, 1.82) is 0 Å². The highest BCUT2D eigenvalue weighted by Gasteiger charge is 2.17. The first-order valence-corrected chi connectivity index (χ1v) is 8.09. The molecule has 1 aliphatic rings. The second-order valence-electron chi connectivity index (χ2n) is 5.41. The third-order valence-electron chi connectivity index (χ3n) is 3.57. The molecule has 2 aromatic rings. The van der Waals surface area contributed by atoms with Crippen molar-refractivity contribution in [2.24, 2.45) is 4.99 Å². The van der Waals surface area contributed by atoms with Gasteiger partial charge < -0.3 is 14.2 Å². The van der Waals surface area contributed by atoms with Crippen LogP contribution in [0.25, 0.3) is 0 Å². The summed E-state index contributed by atoms with van der Waals surface area (Å²) in [4.78, 5) is 16.5. The molecule has 3 rings (SSSR count). The maximum atomic E-state index is 12.2. The van der Waals surface area contributed by atoms with Crippen LogP contribution in [0.3, 0.4) is 0 Å². The second-order valence-corrected chi connectivity index (χ2v) is 5.41. The van der Waals surface area contributed by atoms with Gasteiger partial charge >= 0.3 is 5.97 Å². The molecule has 0 unspecified atom stereocenters. The Kier molecular flexibility index (Phi) is 7.82. The summed E-state index contributed by atoms with van der Waals surface area (Å²) in [5.41, 5.74) is 3.50. The van der Waals surface area contributed by atoms with Crippen molar-refractivity contribution in [3.63, 3.8) is 0 Å². The molecule has 0 aromatic heterocycles. The summed E-state index contributed by atoms with van der Waals surface area (Å²) in [6.07, 6.45) is 3.60. The predicted molar refractivity (Wildman–Crippen MR) is 97.4 cm³/mol. The number of carbonyl (C=O) groups excluding carboxylic acids is 1. The van der Waals surface area contributed by atoms with Gasteiger partial charge in [0.1, 0.15) is 13.4 Å². The molecule has 0 saturated carbocycles. The summed E-state index contributed by atoms with van der Waals surface area (Å²) in [6.45, 7) is 0.687. The summed E-state index contributed by atoms with van der Waals surface area (Å²) in [7, 11) is 3.17. The molecule has 0 N–H and O–H groups in total. The maximum absolute atomic E-state index is 12.2. The molecule has 0 amide bonds. The average Bonchev–Trinajstić information content (AvgIpc) is 2.67. The second kappa shape index (κ2) is 10.4. The fourth-order valence-electron chi connectivity index (χ4n) is 2.44. The number of benzene rings is 2. The highest BCUT2D eigenvalue weighted by molar-refractivity contribution is 5.93. The third kappa shape index (κ3) is 5.81. The van der Waals surface area contributed by atoms with Gasteiger partial charge in [0.05, 0.1) is 11.3 Å². The van der Waals surface area contributed by atoms with Gasteiger partial charge in [-0.05, 0) is 36.1 Å². The summed E-state index contributed by atoms with van der Waals surface area (Å²) in [5, 5.41) is 0. The van der Waals surface area contributed by atoms with Gasteiger partial charge in [-0.2, -0.15) is 0 Å². The van der Waals surface area contributed by atoms with Crippen molar-refractivity contribution in [2.75, 3.05) is 21.0 Å². The molecule has 0 fully saturated rings. The van der Waals surface area contributed by atoms with E-state index in [1.54, 1.807) is 14.2 Å². The molecule has 0 spiro atoms. The topological polar surface area (TPSA) is 57.1 Å². The quantitative estimate of drug-likeness (QED) is 0.611. The van der Waals surface area contributed by atoms with Crippen molar-refractivity contribution in [2.45, 2.75) is 19.4 Å². The maximum Gasteiger partial charge on any atom is 0.338 e. The summed E-state index contributed by atoms with van der Waals surface area (Å²) >= 11 is 0. The van der Waals surface area contributed by atoms with Crippen LogP contribution in [0.2, 0.25) is 0 Å². The Morgan fingerprint density at radius 1 is 1.04 bits per heavy atom. The van der Waals surface area contributed by atoms with Crippen molar-refractivity contribution in [1.82, 2.24) is 0 Å². The number of nitrogens with zero attached hydrogens (tertiary/aromatic N) is 1. The Labute approximate surface area is 148 Å². The van der Waals surface area contributed by atoms with Gasteiger partial charge in [-0.3, -0.25) is 4.99 Å². The molecule has 0 bridgehead atoms. The zero-order valence-electron chi connectivity index (χ0n) is 14.6. The first-order chi connectivity index (χ1) is 12.3. The van der Waals surface area contributed by atoms with Gasteiger partial charge in [-0.1, -0.05) is 36.4 Å². The number of rotatable bonds is 5. The van der Waals surface area contributed by atoms with E-state index in [2.05, 4.69) is 14.5 Å². The van der Waals surface area contributed by atoms with E-state index in [-0.39, 0.29) is 5.97 Å². The number of fused-ring (bicyclic) bond motifs is 1. The van der Waals surface area contributed by atoms with Crippen molar-refractivity contribution in [3.05, 3.63) is 65.2 Å². The van der Waals surface area contributed by atoms with Crippen LogP contribution in [-0.4, -0.2) is 33.2 Å². The van der Waals surface area contributed by atoms with Crippen LogP contribution >= 0.6 is 0 Å². The zero-order chi connectivity index (χ0) is 17.9. The number of methoxy groups -OCH3 is 2. The molecule has 132 valence electrons. The molecular weight excluding hydrogens is 318 g/mol. The van der Waals surface area contributed by atoms with Crippen molar-refractivity contribution >= 4 is 17.9 Å². The number of hydrogen-bond acceptors (Lipinski definition) is 5. The zero-order valence-corrected chi connectivity index (χ0v) is 14.6. The van der Waals surface area contributed by atoms with Gasteiger partial charge in [0.2, 0.25) is 0 Å². The van der Waals surface area contributed by atoms with E-state index < -0.39 is 0 Å². The van der Waals surface area contributed by atoms with E-state index in [0.29, 0.717) is 19.0 Å². The summed E-state index contributed by atoms with van der Waals surface area (Å²) in [6, 6.07) is 15.3. The van der Waals surface area contributed by atoms with E-state index in [9.17, 15) is 4.79 Å². The lowest BCUT2D eigenvalue weighted by molar-refractivity contribution is -0.00272. The minimum absolute atomic E-state index is 0.275. The minimum Gasteiger partial charge on any atom is -0.457 e. The van der Waals surface area contributed by atoms with Crippen LogP contribution in [0.15, 0.2) is 53.5 Å². The molecule has 25 heavy (non-hydrogen) atoms. The van der Waals surface area contributed by atoms with Gasteiger partial charge in [0, 0.05) is 20.4 Å². The van der Waals surface area contributed by atoms with Crippen LogP contribution in [0.4, 0.5) is 5.69 Å². The molecule has 0 saturated heterocycles. The highest BCUT2D eigenvalue weighted by atomic mass is 16.6. The largest absolute Gasteiger partial charge is 0.457 e. The van der Waals surface area contributed by atoms with Gasteiger partial charge in [-0.15, -0.1) is 0 Å². The highest BCUT2D eigenvalue weighted by Crippen LogP contribution is 2.27. The molecule has 5 heteroatoms. The Bertz CT molecular complexity index is 696. The number of ether oxygens (including phenoxy) is 3. The smallest absolute Gasteiger partial charge is 0.338 e. The summed E-state index contributed by atoms with van der Waals surface area (Å²) < 4.78 is 14.3. The minimum atomic E-state index is -0.275. The van der Waals surface area contributed by atoms with Crippen LogP contribution < -0.4 is 0 Å². The Morgan fingerprint density at radius 2 is 1.80 bits per heavy atom. The van der Waals surface area contributed by atoms with E-state index in [0.717, 1.165) is 29.7 Å². The normalized spacial score (nSPS) is 11.9. The number of aliphatic imine (C=N–C) groups is 1. The first-order valence-electron chi connectivity index (χ1n) is 8.09. The van der Waals surface area contributed by atoms with Crippen molar-refractivity contribution in [3.8, 4) is 0 Å². The van der Waals surface area contributed by atoms with Gasteiger partial charge in [-0.25, -0.2) is 4.79 Å². The number of hydrogen-bond donors (Lipinski definition) is 0. The lowest BCUT2D eigenvalue weighted by Crippen LogP contribution is -2.10. The van der Waals surface area contributed by atoms with Crippen LogP contribution in [0, 0.1) is 0 Å². The fraction of sp³-hybridized carbons (Fsp3) is 0.300. The lowest BCUT2D eigenvalue weighted by atomic mass is 9.99. The lowest BCUT2D eigenvalue weighted by Gasteiger charge is -2.14. The van der Waals surface area contributed by atoms with Crippen LogP contribution in [0.1, 0.15) is 27.9 Å². The Morgan fingerprint density at radius 3 is 2.48 bits per heavy atom. The summed E-state index contributed by atoms with van der Waals surface area (Å²) in [5.74, 6) is -0.275. The standard InChI is InChI=1S/C17H15NO2.C3H8O2/c19-17(20-12-13-6-2-1-3-7-13)15-8-4-10-16-14(15)9-5-11-18-16;1-4-3-5-2/h1-4,6-8,10-11H,5,9,12H2;3H2,1-2H3. The molecule has 5 nitrogen and oxygen atoms in total. The van der Waals surface area contributed by atoms with Crippen LogP contribution in [0.5, 0.6) is 0 Å². The fourth-order valence-corrected chi connectivity index (χ4v) is 2.44. The van der Waals surface area contributed by atoms with E-state index in [4.69, 9.17) is 4.74 Å². The molecular formula is C20H23NO4. The monoisotopic (exact) mass is 341 g/mol. The molecule has 1 aliphatic heterocycles. The van der Waals surface area contributed by atoms with Crippen LogP contribution in [-0.2, 0) is 27.2 Å². The number of esters is 1. The third-order valence-corrected chi connectivity index (χ3v) is 3.57. The Balaban J connectivity index is 0.000000399. The van der Waals surface area contributed by atoms with Gasteiger partial charge in [0.15, 0.2) is 0 Å². The molecule has 0 atom stereocenters. The average molecular weight is 341 g/mol. The van der Waals surface area contributed by atoms with E-state index in [1.807, 2.05) is 54.7 Å². The predicted octanol–water partition coefficient (Wildman–Crippen LogP) is 3.93. The van der Waals surface area contributed by atoms with E-state index in [1.165, 1.54) is 0 Å². The van der Waals surface area contributed by atoms with E-state index >= 15 is 0 Å². The molecule has 0 aliphatic carbocycles. The van der Waals surface area contributed by atoms with Gasteiger partial charge in [0.25, 0.3) is 0 Å². The molecule has 0 radical (unpaired) electrons.